The molecular formula is C18H25NO4. The number of hydrogen-bond acceptors (Lipinski definition) is 3. The highest BCUT2D eigenvalue weighted by Crippen LogP contribution is 2.38. The van der Waals surface area contributed by atoms with Gasteiger partial charge in [-0.25, -0.2) is 0 Å². The molecule has 1 fully saturated rings. The zero-order valence-corrected chi connectivity index (χ0v) is 14.0. The number of para-hydroxylation sites is 1. The highest BCUT2D eigenvalue weighted by molar-refractivity contribution is 5.81. The van der Waals surface area contributed by atoms with Crippen LogP contribution in [0.2, 0.25) is 0 Å². The first kappa shape index (κ1) is 17.3. The highest BCUT2D eigenvalue weighted by atomic mass is 16.5. The second-order valence-electron chi connectivity index (χ2n) is 6.43. The summed E-state index contributed by atoms with van der Waals surface area (Å²) in [6.07, 6.45) is 1.33. The van der Waals surface area contributed by atoms with Crippen LogP contribution in [-0.2, 0) is 16.0 Å². The molecule has 126 valence electrons. The molecule has 1 saturated heterocycles. The van der Waals surface area contributed by atoms with Gasteiger partial charge in [0, 0.05) is 13.1 Å². The van der Waals surface area contributed by atoms with Crippen molar-refractivity contribution >= 4 is 11.9 Å². The van der Waals surface area contributed by atoms with Crippen LogP contribution in [0.3, 0.4) is 0 Å². The third-order valence-corrected chi connectivity index (χ3v) is 4.89. The minimum Gasteiger partial charge on any atom is -0.483 e. The van der Waals surface area contributed by atoms with Gasteiger partial charge in [0.1, 0.15) is 5.75 Å². The van der Waals surface area contributed by atoms with Crippen molar-refractivity contribution in [3.05, 3.63) is 29.8 Å². The number of ether oxygens (including phenoxy) is 1. The van der Waals surface area contributed by atoms with Crippen molar-refractivity contribution in [3.63, 3.8) is 0 Å². The number of carbonyl (C=O) groups excluding carboxylic acids is 1. The van der Waals surface area contributed by atoms with Crippen LogP contribution in [0.15, 0.2) is 24.3 Å². The predicted octanol–water partition coefficient (Wildman–Crippen LogP) is 2.59. The van der Waals surface area contributed by atoms with Gasteiger partial charge >= 0.3 is 5.97 Å². The average molecular weight is 319 g/mol. The molecule has 5 nitrogen and oxygen atoms in total. The van der Waals surface area contributed by atoms with E-state index in [4.69, 9.17) is 4.74 Å². The number of carboxylic acid groups (broad SMARTS) is 1. The molecule has 1 amide bonds. The summed E-state index contributed by atoms with van der Waals surface area (Å²) in [4.78, 5) is 25.6. The summed E-state index contributed by atoms with van der Waals surface area (Å²) in [5.74, 6) is -0.268. The minimum absolute atomic E-state index is 0.0143. The summed E-state index contributed by atoms with van der Waals surface area (Å²) in [6.45, 7) is 6.52. The van der Waals surface area contributed by atoms with Gasteiger partial charge in [-0.1, -0.05) is 39.0 Å². The number of hydrogen-bond donors (Lipinski definition) is 1. The van der Waals surface area contributed by atoms with Crippen molar-refractivity contribution < 1.29 is 19.4 Å². The number of nitrogens with zero attached hydrogens (tertiary/aromatic N) is 1. The Labute approximate surface area is 137 Å². The molecule has 0 aliphatic carbocycles. The Morgan fingerprint density at radius 3 is 2.61 bits per heavy atom. The Morgan fingerprint density at radius 2 is 2.04 bits per heavy atom. The lowest BCUT2D eigenvalue weighted by atomic mass is 9.76. The zero-order chi connectivity index (χ0) is 17.0. The van der Waals surface area contributed by atoms with Crippen LogP contribution < -0.4 is 4.74 Å². The van der Waals surface area contributed by atoms with Gasteiger partial charge in [0.2, 0.25) is 0 Å². The van der Waals surface area contributed by atoms with Crippen LogP contribution in [0.4, 0.5) is 0 Å². The van der Waals surface area contributed by atoms with Gasteiger partial charge in [-0.2, -0.15) is 0 Å². The third-order valence-electron chi connectivity index (χ3n) is 4.89. The smallest absolute Gasteiger partial charge is 0.311 e. The standard InChI is InChI=1S/C18H25NO4/c1-4-14-7-5-6-8-15(14)23-11-16(20)19-10-9-18(12-19,13(2)3)17(21)22/h5-8,13H,4,9-12H2,1-3H3,(H,21,22). The molecule has 1 heterocycles. The number of carbonyl (C=O) groups is 2. The first-order chi connectivity index (χ1) is 10.9. The van der Waals surface area contributed by atoms with Crippen molar-refractivity contribution in [2.24, 2.45) is 11.3 Å². The van der Waals surface area contributed by atoms with Gasteiger partial charge in [-0.05, 0) is 30.4 Å². The van der Waals surface area contributed by atoms with Crippen LogP contribution >= 0.6 is 0 Å². The minimum atomic E-state index is -0.836. The quantitative estimate of drug-likeness (QED) is 0.875. The summed E-state index contributed by atoms with van der Waals surface area (Å²) in [5.41, 5.74) is 0.223. The number of likely N-dealkylation sites (tertiary alicyclic amines) is 1. The topological polar surface area (TPSA) is 66.8 Å². The zero-order valence-electron chi connectivity index (χ0n) is 14.0. The fourth-order valence-corrected chi connectivity index (χ4v) is 3.11. The maximum absolute atomic E-state index is 12.4. The molecule has 2 rings (SSSR count). The van der Waals surface area contributed by atoms with E-state index in [9.17, 15) is 14.7 Å². The number of aliphatic carboxylic acids is 1. The van der Waals surface area contributed by atoms with E-state index in [0.29, 0.717) is 13.0 Å². The number of amides is 1. The Hall–Kier alpha value is -2.04. The lowest BCUT2D eigenvalue weighted by Gasteiger charge is -2.28. The normalized spacial score (nSPS) is 20.8. The SMILES string of the molecule is CCc1ccccc1OCC(=O)N1CCC(C(=O)O)(C(C)C)C1. The Balaban J connectivity index is 1.99. The molecule has 1 aromatic carbocycles. The monoisotopic (exact) mass is 319 g/mol. The Morgan fingerprint density at radius 1 is 1.35 bits per heavy atom. The van der Waals surface area contributed by atoms with Gasteiger partial charge in [0.25, 0.3) is 5.91 Å². The number of aryl methyl sites for hydroxylation is 1. The Kier molecular flexibility index (Phi) is 5.29. The molecule has 0 spiro atoms. The van der Waals surface area contributed by atoms with E-state index in [-0.39, 0.29) is 25.0 Å². The van der Waals surface area contributed by atoms with Crippen molar-refractivity contribution in [2.75, 3.05) is 19.7 Å². The summed E-state index contributed by atoms with van der Waals surface area (Å²) >= 11 is 0. The molecular weight excluding hydrogens is 294 g/mol. The van der Waals surface area contributed by atoms with Crippen molar-refractivity contribution in [1.29, 1.82) is 0 Å². The van der Waals surface area contributed by atoms with E-state index < -0.39 is 11.4 Å². The first-order valence-corrected chi connectivity index (χ1v) is 8.12. The lowest BCUT2D eigenvalue weighted by molar-refractivity contribution is -0.151. The van der Waals surface area contributed by atoms with Gasteiger partial charge in [0.15, 0.2) is 6.61 Å². The molecule has 1 aliphatic heterocycles. The second kappa shape index (κ2) is 7.02. The molecule has 5 heteroatoms. The van der Waals surface area contributed by atoms with E-state index in [1.165, 1.54) is 0 Å². The molecule has 23 heavy (non-hydrogen) atoms. The van der Waals surface area contributed by atoms with Crippen LogP contribution in [0, 0.1) is 11.3 Å². The van der Waals surface area contributed by atoms with Gasteiger partial charge in [0.05, 0.1) is 5.41 Å². The van der Waals surface area contributed by atoms with E-state index in [0.717, 1.165) is 17.7 Å². The van der Waals surface area contributed by atoms with E-state index in [1.807, 2.05) is 45.0 Å². The van der Waals surface area contributed by atoms with Crippen molar-refractivity contribution in [1.82, 2.24) is 4.90 Å². The molecule has 0 saturated carbocycles. The van der Waals surface area contributed by atoms with Gasteiger partial charge in [-0.3, -0.25) is 9.59 Å². The maximum atomic E-state index is 12.4. The number of carboxylic acids is 1. The number of rotatable bonds is 6. The van der Waals surface area contributed by atoms with Crippen LogP contribution in [0.1, 0.15) is 32.8 Å². The van der Waals surface area contributed by atoms with Gasteiger partial charge in [-0.15, -0.1) is 0 Å². The third kappa shape index (κ3) is 3.49. The van der Waals surface area contributed by atoms with Crippen LogP contribution in [-0.4, -0.2) is 41.6 Å². The van der Waals surface area contributed by atoms with Crippen LogP contribution in [0.25, 0.3) is 0 Å². The molecule has 1 N–H and O–H groups in total. The van der Waals surface area contributed by atoms with E-state index in [1.54, 1.807) is 4.90 Å². The van der Waals surface area contributed by atoms with Gasteiger partial charge < -0.3 is 14.7 Å². The molecule has 0 radical (unpaired) electrons. The van der Waals surface area contributed by atoms with Crippen molar-refractivity contribution in [2.45, 2.75) is 33.6 Å². The average Bonchev–Trinajstić information content (AvgIpc) is 2.99. The largest absolute Gasteiger partial charge is 0.483 e. The summed E-state index contributed by atoms with van der Waals surface area (Å²) < 4.78 is 5.65. The molecule has 1 unspecified atom stereocenters. The van der Waals surface area contributed by atoms with Crippen molar-refractivity contribution in [3.8, 4) is 5.75 Å². The Bertz CT molecular complexity index is 584. The molecule has 1 aromatic rings. The summed E-state index contributed by atoms with van der Waals surface area (Å²) in [7, 11) is 0. The summed E-state index contributed by atoms with van der Waals surface area (Å²) in [6, 6.07) is 7.65. The summed E-state index contributed by atoms with van der Waals surface area (Å²) in [5, 5.41) is 9.54. The molecule has 1 aliphatic rings. The van der Waals surface area contributed by atoms with E-state index >= 15 is 0 Å². The maximum Gasteiger partial charge on any atom is 0.311 e. The fraction of sp³-hybridized carbons (Fsp3) is 0.556. The predicted molar refractivity (Wildman–Crippen MR) is 87.4 cm³/mol. The molecule has 0 aromatic heterocycles. The number of benzene rings is 1. The fourth-order valence-electron chi connectivity index (χ4n) is 3.11. The highest BCUT2D eigenvalue weighted by Gasteiger charge is 2.48. The molecule has 0 bridgehead atoms. The van der Waals surface area contributed by atoms with Crippen LogP contribution in [0.5, 0.6) is 5.75 Å². The second-order valence-corrected chi connectivity index (χ2v) is 6.43. The molecule has 1 atom stereocenters. The lowest BCUT2D eigenvalue weighted by Crippen LogP contribution is -2.41. The van der Waals surface area contributed by atoms with E-state index in [2.05, 4.69) is 0 Å². The first-order valence-electron chi connectivity index (χ1n) is 8.12.